The zero-order valence-electron chi connectivity index (χ0n) is 11.2. The van der Waals surface area contributed by atoms with Crippen molar-refractivity contribution < 1.29 is 14.6 Å². The topological polar surface area (TPSA) is 73.6 Å². The molecule has 0 amide bonds. The molecule has 2 rings (SSSR count). The minimum absolute atomic E-state index is 0.202. The van der Waals surface area contributed by atoms with Gasteiger partial charge in [-0.2, -0.15) is 5.26 Å². The number of rotatable bonds is 4. The van der Waals surface area contributed by atoms with Crippen molar-refractivity contribution in [1.82, 2.24) is 0 Å². The average molecular weight is 272 g/mol. The van der Waals surface area contributed by atoms with Crippen LogP contribution in [0.2, 0.25) is 0 Å². The summed E-state index contributed by atoms with van der Waals surface area (Å²) in [5, 5.41) is 17.9. The minimum atomic E-state index is -1.00. The molecule has 1 aromatic rings. The van der Waals surface area contributed by atoms with Crippen LogP contribution in [0.3, 0.4) is 0 Å². The highest BCUT2D eigenvalue weighted by atomic mass is 16.5. The standard InChI is InChI=1S/C15H16N2O3/c1-20-13-6-7-17(10-13)14-4-2-11(3-5-15(18)19)8-12(14)9-16/h2-5,8,13H,6-7,10H2,1H3,(H,18,19)/b5-3+. The molecule has 0 radical (unpaired) electrons. The fourth-order valence-electron chi connectivity index (χ4n) is 2.33. The first-order valence-corrected chi connectivity index (χ1v) is 6.37. The number of methoxy groups -OCH3 is 1. The number of benzene rings is 1. The molecule has 0 saturated carbocycles. The van der Waals surface area contributed by atoms with E-state index in [1.807, 2.05) is 12.1 Å². The molecule has 1 aliphatic heterocycles. The zero-order valence-corrected chi connectivity index (χ0v) is 11.2. The summed E-state index contributed by atoms with van der Waals surface area (Å²) in [6, 6.07) is 7.55. The van der Waals surface area contributed by atoms with Gasteiger partial charge < -0.3 is 14.7 Å². The van der Waals surface area contributed by atoms with Crippen LogP contribution in [0.15, 0.2) is 24.3 Å². The van der Waals surface area contributed by atoms with E-state index in [2.05, 4.69) is 11.0 Å². The van der Waals surface area contributed by atoms with Gasteiger partial charge >= 0.3 is 5.97 Å². The molecule has 0 spiro atoms. The first kappa shape index (κ1) is 14.1. The summed E-state index contributed by atoms with van der Waals surface area (Å²) >= 11 is 0. The quantitative estimate of drug-likeness (QED) is 0.847. The van der Waals surface area contributed by atoms with Gasteiger partial charge in [0.05, 0.1) is 17.4 Å². The summed E-state index contributed by atoms with van der Waals surface area (Å²) in [6.45, 7) is 1.63. The van der Waals surface area contributed by atoms with Crippen LogP contribution in [-0.2, 0) is 9.53 Å². The average Bonchev–Trinajstić information content (AvgIpc) is 2.93. The first-order chi connectivity index (χ1) is 9.63. The summed E-state index contributed by atoms with van der Waals surface area (Å²) in [6.07, 6.45) is 3.69. The normalized spacial score (nSPS) is 18.4. The van der Waals surface area contributed by atoms with Gasteiger partial charge in [-0.05, 0) is 30.2 Å². The SMILES string of the molecule is COC1CCN(c2ccc(/C=C/C(=O)O)cc2C#N)C1. The third kappa shape index (κ3) is 3.16. The molecule has 5 heteroatoms. The number of carboxylic acids is 1. The highest BCUT2D eigenvalue weighted by Crippen LogP contribution is 2.26. The molecule has 104 valence electrons. The van der Waals surface area contributed by atoms with E-state index in [4.69, 9.17) is 9.84 Å². The van der Waals surface area contributed by atoms with E-state index in [0.29, 0.717) is 11.1 Å². The van der Waals surface area contributed by atoms with Crippen LogP contribution in [0.4, 0.5) is 5.69 Å². The maximum absolute atomic E-state index is 10.5. The molecule has 1 unspecified atom stereocenters. The lowest BCUT2D eigenvalue weighted by atomic mass is 10.1. The Labute approximate surface area is 117 Å². The Morgan fingerprint density at radius 3 is 3.00 bits per heavy atom. The highest BCUT2D eigenvalue weighted by Gasteiger charge is 2.23. The number of nitriles is 1. The van der Waals surface area contributed by atoms with Crippen LogP contribution in [-0.4, -0.2) is 37.4 Å². The molecule has 1 N–H and O–H groups in total. The van der Waals surface area contributed by atoms with Gasteiger partial charge in [-0.25, -0.2) is 4.79 Å². The van der Waals surface area contributed by atoms with Gasteiger partial charge in [-0.1, -0.05) is 6.07 Å². The Morgan fingerprint density at radius 2 is 2.40 bits per heavy atom. The Kier molecular flexibility index (Phi) is 4.38. The van der Waals surface area contributed by atoms with Crippen LogP contribution in [0, 0.1) is 11.3 Å². The summed E-state index contributed by atoms with van der Waals surface area (Å²) in [5.41, 5.74) is 2.13. The molecule has 1 heterocycles. The maximum Gasteiger partial charge on any atom is 0.328 e. The number of hydrogen-bond acceptors (Lipinski definition) is 4. The van der Waals surface area contributed by atoms with E-state index >= 15 is 0 Å². The predicted octanol–water partition coefficient (Wildman–Crippen LogP) is 1.88. The third-order valence-corrected chi connectivity index (χ3v) is 3.38. The van der Waals surface area contributed by atoms with E-state index in [9.17, 15) is 10.1 Å². The van der Waals surface area contributed by atoms with Gasteiger partial charge in [-0.15, -0.1) is 0 Å². The van der Waals surface area contributed by atoms with E-state index in [1.54, 1.807) is 13.2 Å². The number of carboxylic acid groups (broad SMARTS) is 1. The van der Waals surface area contributed by atoms with Crippen molar-refractivity contribution in [2.75, 3.05) is 25.1 Å². The zero-order chi connectivity index (χ0) is 14.5. The van der Waals surface area contributed by atoms with Crippen LogP contribution in [0.5, 0.6) is 0 Å². The van der Waals surface area contributed by atoms with Crippen LogP contribution >= 0.6 is 0 Å². The van der Waals surface area contributed by atoms with Gasteiger partial charge in [0.1, 0.15) is 6.07 Å². The fourth-order valence-corrected chi connectivity index (χ4v) is 2.33. The molecule has 1 aliphatic rings. The van der Waals surface area contributed by atoms with Gasteiger partial charge in [0.15, 0.2) is 0 Å². The minimum Gasteiger partial charge on any atom is -0.478 e. The lowest BCUT2D eigenvalue weighted by Crippen LogP contribution is -2.22. The van der Waals surface area contributed by atoms with Gasteiger partial charge in [0.25, 0.3) is 0 Å². The Morgan fingerprint density at radius 1 is 1.60 bits per heavy atom. The molecule has 0 bridgehead atoms. The molecule has 1 aromatic carbocycles. The van der Waals surface area contributed by atoms with Crippen molar-refractivity contribution in [1.29, 1.82) is 5.26 Å². The maximum atomic E-state index is 10.5. The highest BCUT2D eigenvalue weighted by molar-refractivity contribution is 5.85. The van der Waals surface area contributed by atoms with E-state index < -0.39 is 5.97 Å². The van der Waals surface area contributed by atoms with Crippen molar-refractivity contribution in [3.63, 3.8) is 0 Å². The van der Waals surface area contributed by atoms with Crippen LogP contribution in [0.1, 0.15) is 17.5 Å². The molecular weight excluding hydrogens is 256 g/mol. The lowest BCUT2D eigenvalue weighted by Gasteiger charge is -2.19. The molecular formula is C15H16N2O3. The second-order valence-corrected chi connectivity index (χ2v) is 4.65. The third-order valence-electron chi connectivity index (χ3n) is 3.38. The van der Waals surface area contributed by atoms with Crippen molar-refractivity contribution in [3.8, 4) is 6.07 Å². The van der Waals surface area contributed by atoms with Crippen LogP contribution < -0.4 is 4.90 Å². The van der Waals surface area contributed by atoms with E-state index in [0.717, 1.165) is 31.3 Å². The molecule has 5 nitrogen and oxygen atoms in total. The van der Waals surface area contributed by atoms with E-state index in [-0.39, 0.29) is 6.10 Å². The summed E-state index contributed by atoms with van der Waals surface area (Å²) in [4.78, 5) is 12.6. The molecule has 1 atom stereocenters. The molecule has 1 fully saturated rings. The van der Waals surface area contributed by atoms with E-state index in [1.165, 1.54) is 6.08 Å². The summed E-state index contributed by atoms with van der Waals surface area (Å²) < 4.78 is 5.32. The van der Waals surface area contributed by atoms with Crippen molar-refractivity contribution >= 4 is 17.7 Å². The largest absolute Gasteiger partial charge is 0.478 e. The lowest BCUT2D eigenvalue weighted by molar-refractivity contribution is -0.131. The monoisotopic (exact) mass is 272 g/mol. The number of ether oxygens (including phenoxy) is 1. The smallest absolute Gasteiger partial charge is 0.328 e. The number of carbonyl (C=O) groups is 1. The summed E-state index contributed by atoms with van der Waals surface area (Å²) in [7, 11) is 1.69. The van der Waals surface area contributed by atoms with Gasteiger partial charge in [-0.3, -0.25) is 0 Å². The van der Waals surface area contributed by atoms with Gasteiger partial charge in [0.2, 0.25) is 0 Å². The Hall–Kier alpha value is -2.32. The summed E-state index contributed by atoms with van der Waals surface area (Å²) in [5.74, 6) is -1.00. The Bertz CT molecular complexity index is 575. The van der Waals surface area contributed by atoms with Crippen LogP contribution in [0.25, 0.3) is 6.08 Å². The van der Waals surface area contributed by atoms with Crippen molar-refractivity contribution in [2.24, 2.45) is 0 Å². The number of nitrogens with zero attached hydrogens (tertiary/aromatic N) is 2. The number of anilines is 1. The van der Waals surface area contributed by atoms with Gasteiger partial charge in [0, 0.05) is 26.3 Å². The second-order valence-electron chi connectivity index (χ2n) is 4.65. The second kappa shape index (κ2) is 6.22. The molecule has 20 heavy (non-hydrogen) atoms. The predicted molar refractivity (Wildman–Crippen MR) is 75.5 cm³/mol. The number of hydrogen-bond donors (Lipinski definition) is 1. The molecule has 0 aromatic heterocycles. The molecule has 1 saturated heterocycles. The van der Waals surface area contributed by atoms with Crippen molar-refractivity contribution in [2.45, 2.75) is 12.5 Å². The molecule has 0 aliphatic carbocycles. The Balaban J connectivity index is 2.23. The fraction of sp³-hybridized carbons (Fsp3) is 0.333. The first-order valence-electron chi connectivity index (χ1n) is 6.37. The number of aliphatic carboxylic acids is 1. The van der Waals surface area contributed by atoms with Crippen molar-refractivity contribution in [3.05, 3.63) is 35.4 Å².